The fourth-order valence-corrected chi connectivity index (χ4v) is 3.61. The molecule has 2 aliphatic rings. The maximum atomic E-state index is 3.63. The molecule has 2 saturated heterocycles. The molecular weight excluding hydrogens is 204 g/mol. The van der Waals surface area contributed by atoms with Gasteiger partial charge in [0.05, 0.1) is 0 Å². The van der Waals surface area contributed by atoms with Crippen molar-refractivity contribution in [2.24, 2.45) is 0 Å². The number of thioether (sulfide) groups is 1. The average Bonchev–Trinajstić information content (AvgIpc) is 2.29. The zero-order valence-electron chi connectivity index (χ0n) is 9.87. The first-order valence-corrected chi connectivity index (χ1v) is 7.57. The molecule has 0 saturated carbocycles. The molecule has 0 aromatic carbocycles. The molecular formula is C12H24N2S. The molecule has 88 valence electrons. The van der Waals surface area contributed by atoms with Crippen molar-refractivity contribution in [2.75, 3.05) is 31.1 Å². The second-order valence-corrected chi connectivity index (χ2v) is 6.05. The van der Waals surface area contributed by atoms with Crippen LogP contribution < -0.4 is 5.32 Å². The van der Waals surface area contributed by atoms with Gasteiger partial charge >= 0.3 is 0 Å². The Kier molecular flexibility index (Phi) is 4.79. The Bertz CT molecular complexity index is 180. The van der Waals surface area contributed by atoms with Crippen LogP contribution in [0.4, 0.5) is 0 Å². The van der Waals surface area contributed by atoms with Crippen molar-refractivity contribution in [3.63, 3.8) is 0 Å². The Morgan fingerprint density at radius 3 is 3.07 bits per heavy atom. The van der Waals surface area contributed by atoms with E-state index < -0.39 is 0 Å². The van der Waals surface area contributed by atoms with Gasteiger partial charge in [0.15, 0.2) is 0 Å². The zero-order valence-corrected chi connectivity index (χ0v) is 10.7. The largest absolute Gasteiger partial charge is 0.312 e. The van der Waals surface area contributed by atoms with Crippen molar-refractivity contribution < 1.29 is 0 Å². The first-order valence-electron chi connectivity index (χ1n) is 6.41. The number of rotatable bonds is 3. The monoisotopic (exact) mass is 228 g/mol. The van der Waals surface area contributed by atoms with E-state index in [1.165, 1.54) is 56.8 Å². The third-order valence-electron chi connectivity index (χ3n) is 3.70. The molecule has 0 spiro atoms. The minimum absolute atomic E-state index is 0.776. The van der Waals surface area contributed by atoms with E-state index in [0.717, 1.165) is 12.1 Å². The van der Waals surface area contributed by atoms with Crippen LogP contribution >= 0.6 is 11.8 Å². The summed E-state index contributed by atoms with van der Waals surface area (Å²) >= 11 is 2.11. The quantitative estimate of drug-likeness (QED) is 0.795. The molecule has 0 radical (unpaired) electrons. The van der Waals surface area contributed by atoms with Crippen LogP contribution in [0.1, 0.15) is 32.6 Å². The summed E-state index contributed by atoms with van der Waals surface area (Å²) in [6.45, 7) is 6.24. The van der Waals surface area contributed by atoms with Crippen molar-refractivity contribution in [3.8, 4) is 0 Å². The minimum atomic E-state index is 0.776. The summed E-state index contributed by atoms with van der Waals surface area (Å²) in [5, 5.41) is 3.63. The van der Waals surface area contributed by atoms with Gasteiger partial charge in [0.1, 0.15) is 0 Å². The van der Waals surface area contributed by atoms with Crippen LogP contribution in [0.2, 0.25) is 0 Å². The van der Waals surface area contributed by atoms with Gasteiger partial charge in [0.2, 0.25) is 0 Å². The van der Waals surface area contributed by atoms with Gasteiger partial charge in [0, 0.05) is 30.1 Å². The van der Waals surface area contributed by atoms with Crippen LogP contribution in [0.3, 0.4) is 0 Å². The minimum Gasteiger partial charge on any atom is -0.312 e. The van der Waals surface area contributed by atoms with Crippen LogP contribution in [0.25, 0.3) is 0 Å². The highest BCUT2D eigenvalue weighted by Crippen LogP contribution is 2.18. The van der Waals surface area contributed by atoms with E-state index in [1.54, 1.807) is 0 Å². The molecule has 2 atom stereocenters. The lowest BCUT2D eigenvalue weighted by molar-refractivity contribution is 0.154. The van der Waals surface area contributed by atoms with E-state index in [4.69, 9.17) is 0 Å². The number of piperidine rings is 1. The van der Waals surface area contributed by atoms with E-state index in [1.807, 2.05) is 0 Å². The van der Waals surface area contributed by atoms with Crippen LogP contribution in [0.5, 0.6) is 0 Å². The van der Waals surface area contributed by atoms with Crippen molar-refractivity contribution in [2.45, 2.75) is 44.7 Å². The molecule has 0 aromatic heterocycles. The summed E-state index contributed by atoms with van der Waals surface area (Å²) in [4.78, 5) is 2.68. The topological polar surface area (TPSA) is 15.3 Å². The van der Waals surface area contributed by atoms with Gasteiger partial charge in [-0.05, 0) is 39.3 Å². The predicted octanol–water partition coefficient (Wildman–Crippen LogP) is 1.96. The second kappa shape index (κ2) is 6.12. The lowest BCUT2D eigenvalue weighted by Gasteiger charge is -2.35. The van der Waals surface area contributed by atoms with Gasteiger partial charge < -0.3 is 10.2 Å². The third kappa shape index (κ3) is 3.65. The molecule has 0 aromatic rings. The van der Waals surface area contributed by atoms with E-state index in [2.05, 4.69) is 28.9 Å². The highest BCUT2D eigenvalue weighted by Gasteiger charge is 2.20. The van der Waals surface area contributed by atoms with Crippen molar-refractivity contribution >= 4 is 11.8 Å². The van der Waals surface area contributed by atoms with Gasteiger partial charge in [-0.2, -0.15) is 11.8 Å². The van der Waals surface area contributed by atoms with Gasteiger partial charge in [-0.25, -0.2) is 0 Å². The molecule has 2 nitrogen and oxygen atoms in total. The highest BCUT2D eigenvalue weighted by atomic mass is 32.2. The maximum absolute atomic E-state index is 3.63. The van der Waals surface area contributed by atoms with Gasteiger partial charge in [-0.1, -0.05) is 6.42 Å². The van der Waals surface area contributed by atoms with Crippen LogP contribution in [0.15, 0.2) is 0 Å². The first-order chi connectivity index (χ1) is 7.36. The van der Waals surface area contributed by atoms with E-state index >= 15 is 0 Å². The molecule has 2 aliphatic heterocycles. The SMILES string of the molecule is CC1CCCCN1CCC1CSCCN1. The standard InChI is InChI=1S/C12H24N2S/c1-11-4-2-3-7-14(11)8-5-12-10-15-9-6-13-12/h11-13H,2-10H2,1H3. The summed E-state index contributed by atoms with van der Waals surface area (Å²) < 4.78 is 0. The fourth-order valence-electron chi connectivity index (χ4n) is 2.62. The van der Waals surface area contributed by atoms with Crippen molar-refractivity contribution in [1.29, 1.82) is 0 Å². The Labute approximate surface area is 98.2 Å². The van der Waals surface area contributed by atoms with E-state index in [-0.39, 0.29) is 0 Å². The number of hydrogen-bond acceptors (Lipinski definition) is 3. The molecule has 2 rings (SSSR count). The third-order valence-corrected chi connectivity index (χ3v) is 4.83. The maximum Gasteiger partial charge on any atom is 0.0170 e. The number of nitrogens with one attached hydrogen (secondary N) is 1. The lowest BCUT2D eigenvalue weighted by atomic mass is 10.0. The molecule has 2 fully saturated rings. The van der Waals surface area contributed by atoms with Crippen LogP contribution in [-0.4, -0.2) is 48.1 Å². The van der Waals surface area contributed by atoms with Crippen LogP contribution in [0, 0.1) is 0 Å². The fraction of sp³-hybridized carbons (Fsp3) is 1.00. The number of nitrogens with zero attached hydrogens (tertiary/aromatic N) is 1. The molecule has 2 unspecified atom stereocenters. The van der Waals surface area contributed by atoms with Crippen LogP contribution in [-0.2, 0) is 0 Å². The second-order valence-electron chi connectivity index (χ2n) is 4.90. The van der Waals surface area contributed by atoms with E-state index in [9.17, 15) is 0 Å². The van der Waals surface area contributed by atoms with Gasteiger partial charge in [-0.15, -0.1) is 0 Å². The molecule has 0 bridgehead atoms. The summed E-state index contributed by atoms with van der Waals surface area (Å²) in [7, 11) is 0. The summed E-state index contributed by atoms with van der Waals surface area (Å²) in [6, 6.07) is 1.60. The molecule has 1 N–H and O–H groups in total. The average molecular weight is 228 g/mol. The Hall–Kier alpha value is 0.270. The first kappa shape index (κ1) is 11.7. The van der Waals surface area contributed by atoms with Gasteiger partial charge in [0.25, 0.3) is 0 Å². The number of hydrogen-bond donors (Lipinski definition) is 1. The van der Waals surface area contributed by atoms with Crippen molar-refractivity contribution in [3.05, 3.63) is 0 Å². The summed E-state index contributed by atoms with van der Waals surface area (Å²) in [5.74, 6) is 2.62. The Balaban J connectivity index is 1.67. The molecule has 2 heterocycles. The molecule has 3 heteroatoms. The van der Waals surface area contributed by atoms with Crippen molar-refractivity contribution in [1.82, 2.24) is 10.2 Å². The summed E-state index contributed by atoms with van der Waals surface area (Å²) in [5.41, 5.74) is 0. The number of likely N-dealkylation sites (tertiary alicyclic amines) is 1. The zero-order chi connectivity index (χ0) is 10.5. The smallest absolute Gasteiger partial charge is 0.0170 e. The van der Waals surface area contributed by atoms with Gasteiger partial charge in [-0.3, -0.25) is 0 Å². The van der Waals surface area contributed by atoms with E-state index in [0.29, 0.717) is 0 Å². The molecule has 15 heavy (non-hydrogen) atoms. The Morgan fingerprint density at radius 1 is 1.40 bits per heavy atom. The lowest BCUT2D eigenvalue weighted by Crippen LogP contribution is -2.43. The highest BCUT2D eigenvalue weighted by molar-refractivity contribution is 7.99. The predicted molar refractivity (Wildman–Crippen MR) is 68.6 cm³/mol. The summed E-state index contributed by atoms with van der Waals surface area (Å²) in [6.07, 6.45) is 5.61. The molecule has 0 amide bonds. The normalized spacial score (nSPS) is 34.2. The Morgan fingerprint density at radius 2 is 2.33 bits per heavy atom. The molecule has 0 aliphatic carbocycles.